The molecule has 0 bridgehead atoms. The molecule has 0 saturated carbocycles. The van der Waals surface area contributed by atoms with E-state index in [1.807, 2.05) is 20.8 Å². The first kappa shape index (κ1) is 9.84. The van der Waals surface area contributed by atoms with Crippen LogP contribution in [0.25, 0.3) is 0 Å². The van der Waals surface area contributed by atoms with E-state index in [9.17, 15) is 4.39 Å². The standard InChI is InChI=1S/C10H13FO2/c1-10(2,3)13-7-4-5-9(12)8(11)6-7/h4-6,12H,1-3H3. The average molecular weight is 184 g/mol. The van der Waals surface area contributed by atoms with E-state index in [2.05, 4.69) is 0 Å². The predicted molar refractivity (Wildman–Crippen MR) is 48.4 cm³/mol. The van der Waals surface area contributed by atoms with Crippen molar-refractivity contribution in [1.82, 2.24) is 0 Å². The molecule has 0 unspecified atom stereocenters. The number of hydrogen-bond acceptors (Lipinski definition) is 2. The Hall–Kier alpha value is -1.25. The maximum Gasteiger partial charge on any atom is 0.168 e. The second-order valence-electron chi connectivity index (χ2n) is 3.83. The molecule has 72 valence electrons. The molecule has 0 atom stereocenters. The molecule has 0 aliphatic rings. The summed E-state index contributed by atoms with van der Waals surface area (Å²) in [6.45, 7) is 5.62. The van der Waals surface area contributed by atoms with Crippen LogP contribution in [0.5, 0.6) is 11.5 Å². The summed E-state index contributed by atoms with van der Waals surface area (Å²) in [6.07, 6.45) is 0. The fraction of sp³-hybridized carbons (Fsp3) is 0.400. The third kappa shape index (κ3) is 2.93. The Labute approximate surface area is 77.0 Å². The molecule has 1 N–H and O–H groups in total. The summed E-state index contributed by atoms with van der Waals surface area (Å²) in [5, 5.41) is 8.91. The van der Waals surface area contributed by atoms with Crippen LogP contribution in [0.2, 0.25) is 0 Å². The van der Waals surface area contributed by atoms with Crippen LogP contribution in [-0.2, 0) is 0 Å². The molecular weight excluding hydrogens is 171 g/mol. The minimum atomic E-state index is -0.665. The zero-order valence-corrected chi connectivity index (χ0v) is 7.97. The van der Waals surface area contributed by atoms with Crippen molar-refractivity contribution in [2.24, 2.45) is 0 Å². The van der Waals surface area contributed by atoms with Gasteiger partial charge in [0, 0.05) is 6.07 Å². The van der Waals surface area contributed by atoms with Crippen LogP contribution in [-0.4, -0.2) is 10.7 Å². The van der Waals surface area contributed by atoms with Crippen molar-refractivity contribution < 1.29 is 14.2 Å². The van der Waals surface area contributed by atoms with E-state index in [0.29, 0.717) is 5.75 Å². The minimum Gasteiger partial charge on any atom is -0.505 e. The number of rotatable bonds is 1. The highest BCUT2D eigenvalue weighted by atomic mass is 19.1. The second-order valence-corrected chi connectivity index (χ2v) is 3.83. The first-order chi connectivity index (χ1) is 5.88. The Bertz CT molecular complexity index is 302. The third-order valence-corrected chi connectivity index (χ3v) is 1.34. The van der Waals surface area contributed by atoms with E-state index in [1.165, 1.54) is 18.2 Å². The minimum absolute atomic E-state index is 0.358. The molecule has 13 heavy (non-hydrogen) atoms. The zero-order valence-electron chi connectivity index (χ0n) is 7.97. The molecule has 0 radical (unpaired) electrons. The smallest absolute Gasteiger partial charge is 0.168 e. The molecule has 0 saturated heterocycles. The van der Waals surface area contributed by atoms with Crippen LogP contribution >= 0.6 is 0 Å². The quantitative estimate of drug-likeness (QED) is 0.727. The molecule has 0 fully saturated rings. The van der Waals surface area contributed by atoms with E-state index in [1.54, 1.807) is 0 Å². The second kappa shape index (κ2) is 3.24. The van der Waals surface area contributed by atoms with Crippen LogP contribution in [0.15, 0.2) is 18.2 Å². The Kier molecular flexibility index (Phi) is 2.45. The molecule has 0 amide bonds. The highest BCUT2D eigenvalue weighted by Gasteiger charge is 2.12. The van der Waals surface area contributed by atoms with Gasteiger partial charge in [-0.3, -0.25) is 0 Å². The maximum absolute atomic E-state index is 12.8. The molecule has 1 aromatic carbocycles. The first-order valence-electron chi connectivity index (χ1n) is 4.06. The number of halogens is 1. The van der Waals surface area contributed by atoms with Crippen molar-refractivity contribution in [2.75, 3.05) is 0 Å². The lowest BCUT2D eigenvalue weighted by Gasteiger charge is -2.21. The summed E-state index contributed by atoms with van der Waals surface area (Å²) >= 11 is 0. The van der Waals surface area contributed by atoms with Gasteiger partial charge in [-0.25, -0.2) is 4.39 Å². The number of phenolic OH excluding ortho intramolecular Hbond substituents is 1. The van der Waals surface area contributed by atoms with E-state index < -0.39 is 5.82 Å². The van der Waals surface area contributed by atoms with Gasteiger partial charge < -0.3 is 9.84 Å². The average Bonchev–Trinajstić information content (AvgIpc) is 1.94. The van der Waals surface area contributed by atoms with Crippen molar-refractivity contribution in [3.63, 3.8) is 0 Å². The van der Waals surface area contributed by atoms with Crippen molar-refractivity contribution in [1.29, 1.82) is 0 Å². The lowest BCUT2D eigenvalue weighted by molar-refractivity contribution is 0.130. The summed E-state index contributed by atoms with van der Waals surface area (Å²) in [6, 6.07) is 3.97. The van der Waals surface area contributed by atoms with Crippen LogP contribution in [0.3, 0.4) is 0 Å². The van der Waals surface area contributed by atoms with Crippen molar-refractivity contribution >= 4 is 0 Å². The lowest BCUT2D eigenvalue weighted by Crippen LogP contribution is -2.22. The Balaban J connectivity index is 2.86. The molecular formula is C10H13FO2. The highest BCUT2D eigenvalue weighted by molar-refractivity contribution is 5.32. The van der Waals surface area contributed by atoms with Crippen molar-refractivity contribution in [3.8, 4) is 11.5 Å². The summed E-state index contributed by atoms with van der Waals surface area (Å²) < 4.78 is 18.2. The fourth-order valence-corrected chi connectivity index (χ4v) is 0.905. The van der Waals surface area contributed by atoms with Gasteiger partial charge in [0.2, 0.25) is 0 Å². The molecule has 3 heteroatoms. The van der Waals surface area contributed by atoms with E-state index in [4.69, 9.17) is 9.84 Å². The largest absolute Gasteiger partial charge is 0.505 e. The zero-order chi connectivity index (χ0) is 10.1. The molecule has 0 aliphatic heterocycles. The topological polar surface area (TPSA) is 29.5 Å². The predicted octanol–water partition coefficient (Wildman–Crippen LogP) is 2.71. The molecule has 0 heterocycles. The fourth-order valence-electron chi connectivity index (χ4n) is 0.905. The van der Waals surface area contributed by atoms with Crippen LogP contribution in [0, 0.1) is 5.82 Å². The summed E-state index contributed by atoms with van der Waals surface area (Å²) in [5.41, 5.74) is -0.358. The van der Waals surface area contributed by atoms with E-state index in [0.717, 1.165) is 0 Å². The van der Waals surface area contributed by atoms with Gasteiger partial charge in [0.05, 0.1) is 0 Å². The van der Waals surface area contributed by atoms with Gasteiger partial charge in [-0.15, -0.1) is 0 Å². The highest BCUT2D eigenvalue weighted by Crippen LogP contribution is 2.23. The van der Waals surface area contributed by atoms with Gasteiger partial charge in [0.15, 0.2) is 11.6 Å². The Morgan fingerprint density at radius 2 is 1.92 bits per heavy atom. The third-order valence-electron chi connectivity index (χ3n) is 1.34. The number of ether oxygens (including phenoxy) is 1. The van der Waals surface area contributed by atoms with E-state index >= 15 is 0 Å². The molecule has 0 aliphatic carbocycles. The Morgan fingerprint density at radius 3 is 2.38 bits per heavy atom. The van der Waals surface area contributed by atoms with Gasteiger partial charge in [-0.05, 0) is 32.9 Å². The van der Waals surface area contributed by atoms with E-state index in [-0.39, 0.29) is 11.4 Å². The summed E-state index contributed by atoms with van der Waals surface area (Å²) in [5.74, 6) is -0.606. The summed E-state index contributed by atoms with van der Waals surface area (Å²) in [7, 11) is 0. The van der Waals surface area contributed by atoms with Crippen molar-refractivity contribution in [3.05, 3.63) is 24.0 Å². The Morgan fingerprint density at radius 1 is 1.31 bits per heavy atom. The number of aromatic hydroxyl groups is 1. The molecule has 0 aromatic heterocycles. The lowest BCUT2D eigenvalue weighted by atomic mass is 10.2. The van der Waals surface area contributed by atoms with Crippen LogP contribution < -0.4 is 4.74 Å². The van der Waals surface area contributed by atoms with Crippen molar-refractivity contribution in [2.45, 2.75) is 26.4 Å². The maximum atomic E-state index is 12.8. The summed E-state index contributed by atoms with van der Waals surface area (Å²) in [4.78, 5) is 0. The molecule has 1 aromatic rings. The molecule has 0 spiro atoms. The first-order valence-corrected chi connectivity index (χ1v) is 4.06. The number of benzene rings is 1. The normalized spacial score (nSPS) is 11.4. The van der Waals surface area contributed by atoms with Gasteiger partial charge in [0.1, 0.15) is 11.4 Å². The van der Waals surface area contributed by atoms with Crippen LogP contribution in [0.1, 0.15) is 20.8 Å². The number of phenols is 1. The van der Waals surface area contributed by atoms with Gasteiger partial charge in [-0.1, -0.05) is 0 Å². The number of hydrogen-bond donors (Lipinski definition) is 1. The van der Waals surface area contributed by atoms with Gasteiger partial charge >= 0.3 is 0 Å². The van der Waals surface area contributed by atoms with Gasteiger partial charge in [0.25, 0.3) is 0 Å². The van der Waals surface area contributed by atoms with Gasteiger partial charge in [-0.2, -0.15) is 0 Å². The SMILES string of the molecule is CC(C)(C)Oc1ccc(O)c(F)c1. The monoisotopic (exact) mass is 184 g/mol. The molecule has 1 rings (SSSR count). The molecule has 2 nitrogen and oxygen atoms in total. The van der Waals surface area contributed by atoms with Crippen LogP contribution in [0.4, 0.5) is 4.39 Å².